The van der Waals surface area contributed by atoms with E-state index in [1.807, 2.05) is 0 Å². The number of hydrazine groups is 1. The molecule has 8 nitrogen and oxygen atoms in total. The maximum atomic E-state index is 5.93. The van der Waals surface area contributed by atoms with Gasteiger partial charge in [-0.05, 0) is 0 Å². The van der Waals surface area contributed by atoms with Gasteiger partial charge in [0.2, 0.25) is 11.8 Å². The van der Waals surface area contributed by atoms with Gasteiger partial charge in [-0.25, -0.2) is 10.8 Å². The van der Waals surface area contributed by atoms with E-state index in [1.54, 1.807) is 6.92 Å². The van der Waals surface area contributed by atoms with Crippen molar-refractivity contribution in [1.82, 2.24) is 20.1 Å². The Hall–Kier alpha value is -1.93. The number of halogens is 1. The van der Waals surface area contributed by atoms with Gasteiger partial charge in [0, 0.05) is 19.9 Å². The molecule has 0 fully saturated rings. The fourth-order valence-electron chi connectivity index (χ4n) is 1.30. The number of anilines is 2. The molecule has 0 aliphatic rings. The van der Waals surface area contributed by atoms with Crippen molar-refractivity contribution in [1.29, 1.82) is 0 Å². The summed E-state index contributed by atoms with van der Waals surface area (Å²) < 4.78 is 4.86. The van der Waals surface area contributed by atoms with E-state index in [1.165, 1.54) is 6.20 Å². The molecular formula is C9H12ClN7O. The molecule has 0 atom stereocenters. The molecule has 0 aliphatic carbocycles. The molecule has 0 spiro atoms. The lowest BCUT2D eigenvalue weighted by Crippen LogP contribution is -2.13. The molecule has 0 radical (unpaired) electrons. The molecular weight excluding hydrogens is 258 g/mol. The molecule has 0 unspecified atom stereocenters. The van der Waals surface area contributed by atoms with Crippen LogP contribution in [0.4, 0.5) is 11.8 Å². The number of nitrogens with one attached hydrogen (secondary N) is 2. The average molecular weight is 270 g/mol. The third-order valence-corrected chi connectivity index (χ3v) is 2.36. The Morgan fingerprint density at radius 2 is 2.28 bits per heavy atom. The van der Waals surface area contributed by atoms with Crippen molar-refractivity contribution in [2.45, 2.75) is 13.3 Å². The Morgan fingerprint density at radius 1 is 1.44 bits per heavy atom. The quantitative estimate of drug-likeness (QED) is 0.538. The Morgan fingerprint density at radius 3 is 2.94 bits per heavy atom. The van der Waals surface area contributed by atoms with Crippen LogP contribution in [0.1, 0.15) is 11.7 Å². The second kappa shape index (κ2) is 5.61. The smallest absolute Gasteiger partial charge is 0.239 e. The lowest BCUT2D eigenvalue weighted by atomic mass is 10.4. The van der Waals surface area contributed by atoms with Crippen molar-refractivity contribution in [3.8, 4) is 0 Å². The molecule has 0 bridgehead atoms. The number of nitrogens with two attached hydrogens (primary N) is 1. The molecule has 2 rings (SSSR count). The number of hydrogen-bond acceptors (Lipinski definition) is 8. The maximum absolute atomic E-state index is 5.93. The van der Waals surface area contributed by atoms with Gasteiger partial charge in [-0.2, -0.15) is 9.97 Å². The molecule has 2 aromatic heterocycles. The lowest BCUT2D eigenvalue weighted by Gasteiger charge is -2.07. The van der Waals surface area contributed by atoms with Gasteiger partial charge in [0.1, 0.15) is 5.02 Å². The molecule has 2 heterocycles. The van der Waals surface area contributed by atoms with E-state index in [-0.39, 0.29) is 5.95 Å². The van der Waals surface area contributed by atoms with E-state index in [4.69, 9.17) is 22.0 Å². The first-order valence-electron chi connectivity index (χ1n) is 5.21. The second-order valence-electron chi connectivity index (χ2n) is 3.44. The Balaban J connectivity index is 1.93. The Labute approximate surface area is 108 Å². The van der Waals surface area contributed by atoms with Gasteiger partial charge in [-0.1, -0.05) is 16.8 Å². The minimum absolute atomic E-state index is 0.289. The standard InChI is InChI=1S/C9H12ClN7O/c1-5-14-7(17-18-5)2-3-12-8-6(10)4-13-9(15-8)16-11/h4H,2-3,11H2,1H3,(H2,12,13,15,16). The van der Waals surface area contributed by atoms with Gasteiger partial charge < -0.3 is 9.84 Å². The van der Waals surface area contributed by atoms with Gasteiger partial charge in [0.25, 0.3) is 0 Å². The molecule has 0 saturated heterocycles. The van der Waals surface area contributed by atoms with Crippen molar-refractivity contribution in [2.75, 3.05) is 17.3 Å². The normalized spacial score (nSPS) is 10.4. The van der Waals surface area contributed by atoms with Crippen LogP contribution >= 0.6 is 11.6 Å². The number of aryl methyl sites for hydroxylation is 1. The zero-order chi connectivity index (χ0) is 13.0. The van der Waals surface area contributed by atoms with E-state index >= 15 is 0 Å². The van der Waals surface area contributed by atoms with Crippen LogP contribution in [0, 0.1) is 6.92 Å². The van der Waals surface area contributed by atoms with Crippen LogP contribution in [0.3, 0.4) is 0 Å². The lowest BCUT2D eigenvalue weighted by molar-refractivity contribution is 0.387. The van der Waals surface area contributed by atoms with E-state index in [0.29, 0.717) is 35.5 Å². The fourth-order valence-corrected chi connectivity index (χ4v) is 1.45. The number of nitrogens with zero attached hydrogens (tertiary/aromatic N) is 4. The van der Waals surface area contributed by atoms with Crippen molar-refractivity contribution >= 4 is 23.4 Å². The highest BCUT2D eigenvalue weighted by Crippen LogP contribution is 2.18. The summed E-state index contributed by atoms with van der Waals surface area (Å²) in [6.45, 7) is 2.31. The number of rotatable bonds is 5. The predicted octanol–water partition coefficient (Wildman–Crippen LogP) is 0.762. The van der Waals surface area contributed by atoms with Gasteiger partial charge in [-0.15, -0.1) is 0 Å². The summed E-state index contributed by atoms with van der Waals surface area (Å²) in [5.41, 5.74) is 2.35. The summed E-state index contributed by atoms with van der Waals surface area (Å²) in [4.78, 5) is 12.0. The summed E-state index contributed by atoms with van der Waals surface area (Å²) in [5, 5.41) is 7.24. The first-order valence-corrected chi connectivity index (χ1v) is 5.59. The number of nitrogen functional groups attached to an aromatic ring is 1. The molecule has 0 saturated carbocycles. The van der Waals surface area contributed by atoms with E-state index in [2.05, 4.69) is 30.9 Å². The summed E-state index contributed by atoms with van der Waals surface area (Å²) in [6.07, 6.45) is 2.06. The first-order chi connectivity index (χ1) is 8.69. The largest absolute Gasteiger partial charge is 0.368 e. The van der Waals surface area contributed by atoms with Crippen LogP contribution in [0.25, 0.3) is 0 Å². The highest BCUT2D eigenvalue weighted by molar-refractivity contribution is 6.32. The number of aromatic nitrogens is 4. The van der Waals surface area contributed by atoms with Crippen LogP contribution in [0.5, 0.6) is 0 Å². The van der Waals surface area contributed by atoms with Gasteiger partial charge in [-0.3, -0.25) is 5.43 Å². The topological polar surface area (TPSA) is 115 Å². The molecule has 4 N–H and O–H groups in total. The number of hydrogen-bond donors (Lipinski definition) is 3. The van der Waals surface area contributed by atoms with Crippen molar-refractivity contribution < 1.29 is 4.52 Å². The summed E-state index contributed by atoms with van der Waals surface area (Å²) in [5.74, 6) is 7.17. The van der Waals surface area contributed by atoms with Crippen molar-refractivity contribution in [3.63, 3.8) is 0 Å². The zero-order valence-corrected chi connectivity index (χ0v) is 10.4. The average Bonchev–Trinajstić information content (AvgIpc) is 2.77. The monoisotopic (exact) mass is 269 g/mol. The maximum Gasteiger partial charge on any atom is 0.239 e. The summed E-state index contributed by atoms with van der Waals surface area (Å²) >= 11 is 5.93. The van der Waals surface area contributed by atoms with Crippen LogP contribution < -0.4 is 16.6 Å². The highest BCUT2D eigenvalue weighted by atomic mass is 35.5. The van der Waals surface area contributed by atoms with E-state index in [9.17, 15) is 0 Å². The van der Waals surface area contributed by atoms with E-state index in [0.717, 1.165) is 0 Å². The zero-order valence-electron chi connectivity index (χ0n) is 9.64. The summed E-state index contributed by atoms with van der Waals surface area (Å²) in [7, 11) is 0. The molecule has 96 valence electrons. The minimum atomic E-state index is 0.289. The predicted molar refractivity (Wildman–Crippen MR) is 66.1 cm³/mol. The van der Waals surface area contributed by atoms with Gasteiger partial charge in [0.15, 0.2) is 11.6 Å². The van der Waals surface area contributed by atoms with Crippen molar-refractivity contribution in [2.24, 2.45) is 5.84 Å². The van der Waals surface area contributed by atoms with Crippen LogP contribution in [0.15, 0.2) is 10.7 Å². The van der Waals surface area contributed by atoms with Crippen molar-refractivity contribution in [3.05, 3.63) is 22.9 Å². The molecule has 18 heavy (non-hydrogen) atoms. The van der Waals surface area contributed by atoms with E-state index < -0.39 is 0 Å². The second-order valence-corrected chi connectivity index (χ2v) is 3.85. The van der Waals surface area contributed by atoms with Crippen LogP contribution in [0.2, 0.25) is 5.02 Å². The molecule has 2 aromatic rings. The Kier molecular flexibility index (Phi) is 3.90. The SMILES string of the molecule is Cc1nc(CCNc2nc(NN)ncc2Cl)no1. The molecule has 9 heteroatoms. The molecule has 0 amide bonds. The van der Waals surface area contributed by atoms with Gasteiger partial charge in [0.05, 0.1) is 6.20 Å². The van der Waals surface area contributed by atoms with Gasteiger partial charge >= 0.3 is 0 Å². The minimum Gasteiger partial charge on any atom is -0.368 e. The third-order valence-electron chi connectivity index (χ3n) is 2.08. The molecule has 0 aliphatic heterocycles. The van der Waals surface area contributed by atoms with Crippen LogP contribution in [-0.4, -0.2) is 26.7 Å². The fraction of sp³-hybridized carbons (Fsp3) is 0.333. The Bertz CT molecular complexity index is 529. The third kappa shape index (κ3) is 3.05. The highest BCUT2D eigenvalue weighted by Gasteiger charge is 2.06. The molecule has 0 aromatic carbocycles. The summed E-state index contributed by atoms with van der Waals surface area (Å²) in [6, 6.07) is 0. The van der Waals surface area contributed by atoms with Crippen LogP contribution in [-0.2, 0) is 6.42 Å². The first kappa shape index (κ1) is 12.5.